The van der Waals surface area contributed by atoms with Gasteiger partial charge in [-0.3, -0.25) is 0 Å². The summed E-state index contributed by atoms with van der Waals surface area (Å²) in [6, 6.07) is 3.53. The smallest absolute Gasteiger partial charge is 0.365 e. The van der Waals surface area contributed by atoms with Crippen LogP contribution in [-0.4, -0.2) is 21.0 Å². The standard InChI is InChI=1S/C10H7ClN2O2S2/c11-7-2-1-3-12-8(7)16-4-6-5-17-9(13-6)10(14)15/h1-3,5H,4H2,(H,14,15). The predicted octanol–water partition coefficient (Wildman–Crippen LogP) is 3.18. The molecule has 0 saturated heterocycles. The predicted molar refractivity (Wildman–Crippen MR) is 67.9 cm³/mol. The van der Waals surface area contributed by atoms with Gasteiger partial charge in [0.1, 0.15) is 5.03 Å². The topological polar surface area (TPSA) is 63.1 Å². The van der Waals surface area contributed by atoms with Gasteiger partial charge in [-0.1, -0.05) is 23.4 Å². The Kier molecular flexibility index (Phi) is 3.98. The van der Waals surface area contributed by atoms with E-state index in [-0.39, 0.29) is 5.01 Å². The Labute approximate surface area is 111 Å². The molecule has 0 atom stereocenters. The lowest BCUT2D eigenvalue weighted by molar-refractivity contribution is 0.0696. The van der Waals surface area contributed by atoms with Crippen molar-refractivity contribution in [1.82, 2.24) is 9.97 Å². The second-order valence-electron chi connectivity index (χ2n) is 3.03. The van der Waals surface area contributed by atoms with Crippen LogP contribution in [0.2, 0.25) is 5.02 Å². The van der Waals surface area contributed by atoms with Crippen molar-refractivity contribution < 1.29 is 9.90 Å². The summed E-state index contributed by atoms with van der Waals surface area (Å²) in [5, 5.41) is 11.9. The molecule has 0 aliphatic rings. The van der Waals surface area contributed by atoms with E-state index in [2.05, 4.69) is 9.97 Å². The molecule has 2 aromatic rings. The number of nitrogens with zero attached hydrogens (tertiary/aromatic N) is 2. The molecular formula is C10H7ClN2O2S2. The van der Waals surface area contributed by atoms with Gasteiger partial charge in [-0.15, -0.1) is 11.3 Å². The Morgan fingerprint density at radius 1 is 1.59 bits per heavy atom. The lowest BCUT2D eigenvalue weighted by Gasteiger charge is -1.99. The van der Waals surface area contributed by atoms with Gasteiger partial charge < -0.3 is 5.11 Å². The molecule has 4 nitrogen and oxygen atoms in total. The lowest BCUT2D eigenvalue weighted by Crippen LogP contribution is -1.95. The fourth-order valence-corrected chi connectivity index (χ4v) is 2.91. The monoisotopic (exact) mass is 286 g/mol. The first kappa shape index (κ1) is 12.3. The first-order valence-corrected chi connectivity index (χ1v) is 6.82. The molecule has 2 aromatic heterocycles. The van der Waals surface area contributed by atoms with Gasteiger partial charge >= 0.3 is 5.97 Å². The normalized spacial score (nSPS) is 10.4. The van der Waals surface area contributed by atoms with Crippen LogP contribution in [0.1, 0.15) is 15.5 Å². The largest absolute Gasteiger partial charge is 0.476 e. The minimum absolute atomic E-state index is 0.104. The number of carboxylic acids is 1. The van der Waals surface area contributed by atoms with Crippen LogP contribution in [-0.2, 0) is 5.75 Å². The minimum Gasteiger partial charge on any atom is -0.476 e. The number of carboxylic acid groups (broad SMARTS) is 1. The number of aromatic carboxylic acids is 1. The number of thiazole rings is 1. The third-order valence-corrected chi connectivity index (χ3v) is 4.15. The lowest BCUT2D eigenvalue weighted by atomic mass is 10.5. The highest BCUT2D eigenvalue weighted by Gasteiger charge is 2.10. The molecule has 7 heteroatoms. The Morgan fingerprint density at radius 3 is 3.06 bits per heavy atom. The van der Waals surface area contributed by atoms with Crippen molar-refractivity contribution in [1.29, 1.82) is 0 Å². The fourth-order valence-electron chi connectivity index (χ4n) is 1.09. The number of thioether (sulfide) groups is 1. The SMILES string of the molecule is O=C(O)c1nc(CSc2ncccc2Cl)cs1. The van der Waals surface area contributed by atoms with E-state index in [1.54, 1.807) is 23.7 Å². The fraction of sp³-hybridized carbons (Fsp3) is 0.100. The molecule has 2 rings (SSSR count). The van der Waals surface area contributed by atoms with Crippen molar-refractivity contribution >= 4 is 40.7 Å². The summed E-state index contributed by atoms with van der Waals surface area (Å²) in [6.45, 7) is 0. The number of hydrogen-bond acceptors (Lipinski definition) is 5. The molecular weight excluding hydrogens is 280 g/mol. The second kappa shape index (κ2) is 5.48. The summed E-state index contributed by atoms with van der Waals surface area (Å²) in [7, 11) is 0. The summed E-state index contributed by atoms with van der Waals surface area (Å²) < 4.78 is 0. The van der Waals surface area contributed by atoms with Crippen LogP contribution >= 0.6 is 34.7 Å². The van der Waals surface area contributed by atoms with E-state index in [0.29, 0.717) is 10.8 Å². The van der Waals surface area contributed by atoms with Gasteiger partial charge in [0.2, 0.25) is 5.01 Å². The van der Waals surface area contributed by atoms with Gasteiger partial charge in [-0.2, -0.15) is 0 Å². The van der Waals surface area contributed by atoms with E-state index in [1.807, 2.05) is 0 Å². The molecule has 1 N–H and O–H groups in total. The van der Waals surface area contributed by atoms with Crippen LogP contribution in [0.5, 0.6) is 0 Å². The Hall–Kier alpha value is -1.11. The number of rotatable bonds is 4. The maximum atomic E-state index is 10.7. The molecule has 0 saturated carbocycles. The highest BCUT2D eigenvalue weighted by atomic mass is 35.5. The quantitative estimate of drug-likeness (QED) is 0.875. The average Bonchev–Trinajstić information content (AvgIpc) is 2.77. The van der Waals surface area contributed by atoms with Crippen molar-refractivity contribution in [3.63, 3.8) is 0 Å². The van der Waals surface area contributed by atoms with Crippen LogP contribution in [0.3, 0.4) is 0 Å². The third kappa shape index (κ3) is 3.18. The molecule has 0 fully saturated rings. The van der Waals surface area contributed by atoms with Gasteiger partial charge in [0.05, 0.1) is 10.7 Å². The summed E-state index contributed by atoms with van der Waals surface area (Å²) in [4.78, 5) is 18.8. The number of hydrogen-bond donors (Lipinski definition) is 1. The van der Waals surface area contributed by atoms with Crippen LogP contribution in [0.15, 0.2) is 28.7 Å². The van der Waals surface area contributed by atoms with Crippen molar-refractivity contribution in [2.75, 3.05) is 0 Å². The van der Waals surface area contributed by atoms with E-state index >= 15 is 0 Å². The summed E-state index contributed by atoms with van der Waals surface area (Å²) in [6.07, 6.45) is 1.66. The van der Waals surface area contributed by atoms with E-state index < -0.39 is 5.97 Å². The summed E-state index contributed by atoms with van der Waals surface area (Å²) >= 11 is 8.50. The molecule has 0 spiro atoms. The average molecular weight is 287 g/mol. The molecule has 0 aromatic carbocycles. The van der Waals surface area contributed by atoms with E-state index in [1.165, 1.54) is 11.8 Å². The first-order valence-electron chi connectivity index (χ1n) is 4.58. The number of carbonyl (C=O) groups is 1. The Balaban J connectivity index is 2.02. The Morgan fingerprint density at radius 2 is 2.41 bits per heavy atom. The van der Waals surface area contributed by atoms with E-state index in [9.17, 15) is 4.79 Å². The van der Waals surface area contributed by atoms with Crippen LogP contribution in [0, 0.1) is 0 Å². The highest BCUT2D eigenvalue weighted by molar-refractivity contribution is 7.98. The summed E-state index contributed by atoms with van der Waals surface area (Å²) in [5.74, 6) is -0.442. The van der Waals surface area contributed by atoms with E-state index in [0.717, 1.165) is 22.1 Å². The zero-order chi connectivity index (χ0) is 12.3. The molecule has 0 radical (unpaired) electrons. The molecule has 17 heavy (non-hydrogen) atoms. The van der Waals surface area contributed by atoms with Gasteiger partial charge in [-0.25, -0.2) is 14.8 Å². The zero-order valence-corrected chi connectivity index (χ0v) is 10.8. The molecule has 88 valence electrons. The molecule has 0 bridgehead atoms. The van der Waals surface area contributed by atoms with Crippen molar-refractivity contribution in [2.24, 2.45) is 0 Å². The third-order valence-electron chi connectivity index (χ3n) is 1.82. The number of halogens is 1. The highest BCUT2D eigenvalue weighted by Crippen LogP contribution is 2.27. The Bertz CT molecular complexity index is 545. The maximum Gasteiger partial charge on any atom is 0.365 e. The van der Waals surface area contributed by atoms with E-state index in [4.69, 9.17) is 16.7 Å². The maximum absolute atomic E-state index is 10.7. The minimum atomic E-state index is -0.998. The summed E-state index contributed by atoms with van der Waals surface area (Å²) in [5.41, 5.74) is 0.721. The number of aromatic nitrogens is 2. The van der Waals surface area contributed by atoms with Gasteiger partial charge in [0.15, 0.2) is 0 Å². The van der Waals surface area contributed by atoms with Crippen molar-refractivity contribution in [3.05, 3.63) is 39.4 Å². The van der Waals surface area contributed by atoms with Crippen molar-refractivity contribution in [3.8, 4) is 0 Å². The molecule has 0 aliphatic carbocycles. The molecule has 0 amide bonds. The van der Waals surface area contributed by atoms with Crippen LogP contribution in [0.4, 0.5) is 0 Å². The molecule has 2 heterocycles. The first-order chi connectivity index (χ1) is 8.16. The zero-order valence-electron chi connectivity index (χ0n) is 8.46. The molecule has 0 unspecified atom stereocenters. The van der Waals surface area contributed by atoms with Crippen LogP contribution < -0.4 is 0 Å². The van der Waals surface area contributed by atoms with Gasteiger partial charge in [0.25, 0.3) is 0 Å². The van der Waals surface area contributed by atoms with Gasteiger partial charge in [-0.05, 0) is 12.1 Å². The van der Waals surface area contributed by atoms with Gasteiger partial charge in [0, 0.05) is 17.3 Å². The second-order valence-corrected chi connectivity index (χ2v) is 5.26. The van der Waals surface area contributed by atoms with Crippen molar-refractivity contribution in [2.45, 2.75) is 10.8 Å². The van der Waals surface area contributed by atoms with Crippen LogP contribution in [0.25, 0.3) is 0 Å². The number of pyridine rings is 1. The molecule has 0 aliphatic heterocycles.